The normalized spacial score (nSPS) is 19.9. The zero-order valence-corrected chi connectivity index (χ0v) is 19.0. The number of methoxy groups -OCH3 is 1. The van der Waals surface area contributed by atoms with Crippen molar-refractivity contribution in [3.63, 3.8) is 0 Å². The molecule has 32 heavy (non-hydrogen) atoms. The average molecular weight is 432 g/mol. The molecule has 1 aliphatic heterocycles. The van der Waals surface area contributed by atoms with Gasteiger partial charge in [-0.3, -0.25) is 4.79 Å². The number of hydrogen-bond acceptors (Lipinski definition) is 5. The van der Waals surface area contributed by atoms with Crippen molar-refractivity contribution in [3.8, 4) is 5.75 Å². The van der Waals surface area contributed by atoms with E-state index in [1.807, 2.05) is 61.5 Å². The Morgan fingerprint density at radius 2 is 1.75 bits per heavy atom. The third-order valence-corrected chi connectivity index (χ3v) is 6.12. The SMILES string of the molecule is COc1ccc(COC(=O)C2=C(C)NC3=C(C(=O)CC(C)(C)C3)C2c2ccccc2)cc1. The van der Waals surface area contributed by atoms with Crippen molar-refractivity contribution in [2.45, 2.75) is 46.1 Å². The van der Waals surface area contributed by atoms with Crippen molar-refractivity contribution >= 4 is 11.8 Å². The van der Waals surface area contributed by atoms with E-state index in [1.54, 1.807) is 7.11 Å². The van der Waals surface area contributed by atoms with E-state index in [4.69, 9.17) is 9.47 Å². The molecular weight excluding hydrogens is 402 g/mol. The summed E-state index contributed by atoms with van der Waals surface area (Å²) in [6.45, 7) is 6.24. The van der Waals surface area contributed by atoms with E-state index in [9.17, 15) is 9.59 Å². The van der Waals surface area contributed by atoms with Gasteiger partial charge in [0.05, 0.1) is 12.7 Å². The molecule has 0 bridgehead atoms. The highest BCUT2D eigenvalue weighted by atomic mass is 16.5. The predicted octanol–water partition coefficient (Wildman–Crippen LogP) is 5.04. The van der Waals surface area contributed by atoms with Gasteiger partial charge in [0.15, 0.2) is 5.78 Å². The van der Waals surface area contributed by atoms with Crippen molar-refractivity contribution < 1.29 is 19.1 Å². The molecule has 0 saturated carbocycles. The molecule has 166 valence electrons. The van der Waals surface area contributed by atoms with Crippen LogP contribution in [0.2, 0.25) is 0 Å². The largest absolute Gasteiger partial charge is 0.497 e. The summed E-state index contributed by atoms with van der Waals surface area (Å²) in [4.78, 5) is 26.6. The van der Waals surface area contributed by atoms with Gasteiger partial charge in [-0.2, -0.15) is 0 Å². The van der Waals surface area contributed by atoms with E-state index in [-0.39, 0.29) is 17.8 Å². The number of hydrogen-bond donors (Lipinski definition) is 1. The monoisotopic (exact) mass is 431 g/mol. The lowest BCUT2D eigenvalue weighted by molar-refractivity contribution is -0.140. The number of carbonyl (C=O) groups excluding carboxylic acids is 2. The van der Waals surface area contributed by atoms with Gasteiger partial charge in [-0.1, -0.05) is 56.3 Å². The van der Waals surface area contributed by atoms with Gasteiger partial charge in [-0.25, -0.2) is 4.79 Å². The summed E-state index contributed by atoms with van der Waals surface area (Å²) in [5.41, 5.74) is 4.52. The Kier molecular flexibility index (Phi) is 5.92. The maximum Gasteiger partial charge on any atom is 0.337 e. The standard InChI is InChI=1S/C27H29NO4/c1-17-23(26(30)32-16-18-10-12-20(31-4)13-11-18)24(19-8-6-5-7-9-19)25-21(28-17)14-27(2,3)15-22(25)29/h5-13,24,28H,14-16H2,1-4H3. The maximum absolute atomic E-state index is 13.3. The number of carbonyl (C=O) groups is 2. The van der Waals surface area contributed by atoms with Gasteiger partial charge in [0.25, 0.3) is 0 Å². The number of benzene rings is 2. The fraction of sp³-hybridized carbons (Fsp3) is 0.333. The molecule has 0 fully saturated rings. The van der Waals surface area contributed by atoms with Crippen LogP contribution in [0.4, 0.5) is 0 Å². The van der Waals surface area contributed by atoms with E-state index in [0.29, 0.717) is 17.6 Å². The number of nitrogens with one attached hydrogen (secondary N) is 1. The highest BCUT2D eigenvalue weighted by Gasteiger charge is 2.43. The maximum atomic E-state index is 13.3. The quantitative estimate of drug-likeness (QED) is 0.672. The Balaban J connectivity index is 1.66. The third-order valence-electron chi connectivity index (χ3n) is 6.12. The van der Waals surface area contributed by atoms with Crippen molar-refractivity contribution in [2.75, 3.05) is 7.11 Å². The molecule has 4 rings (SSSR count). The fourth-order valence-electron chi connectivity index (χ4n) is 4.63. The van der Waals surface area contributed by atoms with Crippen LogP contribution in [0.15, 0.2) is 77.1 Å². The molecule has 0 aromatic heterocycles. The van der Waals surface area contributed by atoms with Crippen LogP contribution in [-0.2, 0) is 20.9 Å². The first-order valence-electron chi connectivity index (χ1n) is 10.9. The Hall–Kier alpha value is -3.34. The molecule has 1 aliphatic carbocycles. The van der Waals surface area contributed by atoms with Crippen LogP contribution >= 0.6 is 0 Å². The molecule has 1 heterocycles. The number of ketones is 1. The number of dihydropyridines is 1. The van der Waals surface area contributed by atoms with Crippen LogP contribution in [0.1, 0.15) is 50.7 Å². The minimum Gasteiger partial charge on any atom is -0.497 e. The first-order valence-corrected chi connectivity index (χ1v) is 10.9. The molecule has 1 atom stereocenters. The molecule has 2 aromatic carbocycles. The highest BCUT2D eigenvalue weighted by molar-refractivity contribution is 6.04. The summed E-state index contributed by atoms with van der Waals surface area (Å²) in [7, 11) is 1.61. The van der Waals surface area contributed by atoms with Gasteiger partial charge in [-0.05, 0) is 42.0 Å². The molecule has 1 unspecified atom stereocenters. The minimum absolute atomic E-state index is 0.0885. The molecule has 0 radical (unpaired) electrons. The molecule has 5 heteroatoms. The van der Waals surface area contributed by atoms with Crippen LogP contribution in [0.5, 0.6) is 5.75 Å². The van der Waals surface area contributed by atoms with Gasteiger partial charge in [-0.15, -0.1) is 0 Å². The van der Waals surface area contributed by atoms with Gasteiger partial charge in [0.2, 0.25) is 0 Å². The Morgan fingerprint density at radius 1 is 1.06 bits per heavy atom. The van der Waals surface area contributed by atoms with E-state index in [2.05, 4.69) is 19.2 Å². The van der Waals surface area contributed by atoms with Crippen LogP contribution in [-0.4, -0.2) is 18.9 Å². The molecule has 0 spiro atoms. The van der Waals surface area contributed by atoms with Gasteiger partial charge < -0.3 is 14.8 Å². The molecule has 2 aliphatic rings. The number of allylic oxidation sites excluding steroid dienone is 3. The first-order chi connectivity index (χ1) is 15.3. The lowest BCUT2D eigenvalue weighted by Crippen LogP contribution is -2.38. The zero-order chi connectivity index (χ0) is 22.9. The Bertz CT molecular complexity index is 1090. The van der Waals surface area contributed by atoms with Gasteiger partial charge in [0.1, 0.15) is 12.4 Å². The van der Waals surface area contributed by atoms with Crippen LogP contribution in [0.25, 0.3) is 0 Å². The van der Waals surface area contributed by atoms with E-state index >= 15 is 0 Å². The molecule has 2 aromatic rings. The average Bonchev–Trinajstić information content (AvgIpc) is 2.76. The van der Waals surface area contributed by atoms with E-state index in [1.165, 1.54) is 0 Å². The summed E-state index contributed by atoms with van der Waals surface area (Å²) in [5.74, 6) is -0.00807. The number of rotatable bonds is 5. The third kappa shape index (κ3) is 4.33. The van der Waals surface area contributed by atoms with Crippen LogP contribution < -0.4 is 10.1 Å². The Morgan fingerprint density at radius 3 is 2.41 bits per heavy atom. The second-order valence-corrected chi connectivity index (χ2v) is 9.26. The molecule has 0 saturated heterocycles. The summed E-state index contributed by atoms with van der Waals surface area (Å²) >= 11 is 0. The molecule has 0 amide bonds. The lowest BCUT2D eigenvalue weighted by atomic mass is 9.68. The molecular formula is C27H29NO4. The number of esters is 1. The van der Waals surface area contributed by atoms with Crippen molar-refractivity contribution in [2.24, 2.45) is 5.41 Å². The lowest BCUT2D eigenvalue weighted by Gasteiger charge is -2.39. The fourth-order valence-corrected chi connectivity index (χ4v) is 4.63. The summed E-state index contributed by atoms with van der Waals surface area (Å²) in [5, 5.41) is 3.37. The smallest absolute Gasteiger partial charge is 0.337 e. The van der Waals surface area contributed by atoms with Crippen molar-refractivity contribution in [1.29, 1.82) is 0 Å². The van der Waals surface area contributed by atoms with Crippen molar-refractivity contribution in [1.82, 2.24) is 5.32 Å². The second-order valence-electron chi connectivity index (χ2n) is 9.26. The van der Waals surface area contributed by atoms with Crippen molar-refractivity contribution in [3.05, 3.63) is 88.3 Å². The topological polar surface area (TPSA) is 64.6 Å². The predicted molar refractivity (Wildman–Crippen MR) is 123 cm³/mol. The Labute approximate surface area is 189 Å². The summed E-state index contributed by atoms with van der Waals surface area (Å²) in [6, 6.07) is 17.2. The summed E-state index contributed by atoms with van der Waals surface area (Å²) < 4.78 is 10.9. The number of ether oxygens (including phenoxy) is 2. The zero-order valence-electron chi connectivity index (χ0n) is 19.0. The second kappa shape index (κ2) is 8.65. The highest BCUT2D eigenvalue weighted by Crippen LogP contribution is 2.46. The van der Waals surface area contributed by atoms with Gasteiger partial charge >= 0.3 is 5.97 Å². The van der Waals surface area contributed by atoms with E-state index < -0.39 is 11.9 Å². The number of Topliss-reactive ketones (excluding diaryl/α,β-unsaturated/α-hetero) is 1. The van der Waals surface area contributed by atoms with Gasteiger partial charge in [0, 0.05) is 29.3 Å². The van der Waals surface area contributed by atoms with Crippen LogP contribution in [0, 0.1) is 5.41 Å². The minimum atomic E-state index is -0.431. The summed E-state index contributed by atoms with van der Waals surface area (Å²) in [6.07, 6.45) is 1.23. The molecule has 5 nitrogen and oxygen atoms in total. The van der Waals surface area contributed by atoms with E-state index in [0.717, 1.165) is 34.7 Å². The van der Waals surface area contributed by atoms with Crippen LogP contribution in [0.3, 0.4) is 0 Å². The molecule has 1 N–H and O–H groups in total. The first kappa shape index (κ1) is 21.9.